The third-order valence-electron chi connectivity index (χ3n) is 3.08. The molecule has 0 spiro atoms. The van der Waals surface area contributed by atoms with Crippen LogP contribution in [0.25, 0.3) is 0 Å². The molecule has 0 aromatic carbocycles. The van der Waals surface area contributed by atoms with E-state index in [1.165, 1.54) is 6.07 Å². The highest BCUT2D eigenvalue weighted by atomic mass is 19.3. The second-order valence-electron chi connectivity index (χ2n) is 5.07. The van der Waals surface area contributed by atoms with E-state index in [-0.39, 0.29) is 18.5 Å². The molecule has 1 aromatic rings. The summed E-state index contributed by atoms with van der Waals surface area (Å²) in [7, 11) is 0. The lowest BCUT2D eigenvalue weighted by molar-refractivity contribution is -0.141. The number of hydrogen-bond acceptors (Lipinski definition) is 6. The molecule has 1 aromatic heterocycles. The third kappa shape index (κ3) is 3.04. The van der Waals surface area contributed by atoms with Crippen molar-refractivity contribution in [2.75, 3.05) is 12.3 Å². The number of aliphatic hydroxyl groups is 1. The van der Waals surface area contributed by atoms with Crippen LogP contribution >= 0.6 is 0 Å². The van der Waals surface area contributed by atoms with E-state index < -0.39 is 30.0 Å². The lowest BCUT2D eigenvalue weighted by atomic mass is 10.1. The maximum atomic E-state index is 14.1. The molecule has 7 nitrogen and oxygen atoms in total. The van der Waals surface area contributed by atoms with Crippen molar-refractivity contribution in [3.05, 3.63) is 22.7 Å². The Bertz CT molecular complexity index is 564. The fraction of sp³-hybridized carbons (Fsp3) is 0.667. The highest BCUT2D eigenvalue weighted by Gasteiger charge is 2.59. The second kappa shape index (κ2) is 5.66. The van der Waals surface area contributed by atoms with Crippen molar-refractivity contribution in [3.63, 3.8) is 0 Å². The first-order valence-electron chi connectivity index (χ1n) is 6.41. The standard InChI is InChI=1S/C12H17F2N3O4/c1-6(2)20-5-7-9(18)12(13,14)10(21-7)17-4-3-8(15)16-11(17)19/h3-4,6-7,9-10,18H,5H2,1-2H3,(H2,15,16,19). The van der Waals surface area contributed by atoms with Gasteiger partial charge in [-0.1, -0.05) is 0 Å². The van der Waals surface area contributed by atoms with Gasteiger partial charge in [-0.3, -0.25) is 4.57 Å². The van der Waals surface area contributed by atoms with Crippen molar-refractivity contribution in [2.24, 2.45) is 0 Å². The fourth-order valence-electron chi connectivity index (χ4n) is 2.00. The molecule has 1 aliphatic heterocycles. The van der Waals surface area contributed by atoms with Gasteiger partial charge in [0.1, 0.15) is 11.9 Å². The molecule has 0 radical (unpaired) electrons. The van der Waals surface area contributed by atoms with E-state index in [4.69, 9.17) is 15.2 Å². The van der Waals surface area contributed by atoms with Crippen LogP contribution in [-0.2, 0) is 9.47 Å². The zero-order valence-electron chi connectivity index (χ0n) is 11.6. The van der Waals surface area contributed by atoms with E-state index in [1.54, 1.807) is 13.8 Å². The number of nitrogens with zero attached hydrogens (tertiary/aromatic N) is 2. The molecule has 3 unspecified atom stereocenters. The van der Waals surface area contributed by atoms with Crippen molar-refractivity contribution < 1.29 is 23.4 Å². The summed E-state index contributed by atoms with van der Waals surface area (Å²) >= 11 is 0. The molecule has 0 aliphatic carbocycles. The maximum Gasteiger partial charge on any atom is 0.351 e. The summed E-state index contributed by atoms with van der Waals surface area (Å²) in [5.41, 5.74) is 4.33. The summed E-state index contributed by atoms with van der Waals surface area (Å²) in [6, 6.07) is 1.20. The zero-order chi connectivity index (χ0) is 15.8. The van der Waals surface area contributed by atoms with Gasteiger partial charge in [0.2, 0.25) is 6.23 Å². The first-order valence-corrected chi connectivity index (χ1v) is 6.41. The number of aliphatic hydroxyl groups excluding tert-OH is 1. The van der Waals surface area contributed by atoms with Gasteiger partial charge in [0.05, 0.1) is 12.7 Å². The van der Waals surface area contributed by atoms with E-state index in [9.17, 15) is 18.7 Å². The van der Waals surface area contributed by atoms with Gasteiger partial charge in [-0.15, -0.1) is 0 Å². The van der Waals surface area contributed by atoms with Gasteiger partial charge in [-0.05, 0) is 19.9 Å². The van der Waals surface area contributed by atoms with Crippen LogP contribution in [0.5, 0.6) is 0 Å². The maximum absolute atomic E-state index is 14.1. The molecule has 3 N–H and O–H groups in total. The molecule has 9 heteroatoms. The molecule has 3 atom stereocenters. The van der Waals surface area contributed by atoms with E-state index >= 15 is 0 Å². The van der Waals surface area contributed by atoms with E-state index in [0.29, 0.717) is 4.57 Å². The van der Waals surface area contributed by atoms with Crippen molar-refractivity contribution in [2.45, 2.75) is 44.3 Å². The normalized spacial score (nSPS) is 28.2. The lowest BCUT2D eigenvalue weighted by Crippen LogP contribution is -2.42. The summed E-state index contributed by atoms with van der Waals surface area (Å²) in [6.07, 6.45) is -4.41. The Labute approximate surface area is 119 Å². The Morgan fingerprint density at radius 2 is 2.29 bits per heavy atom. The minimum absolute atomic E-state index is 0.0854. The smallest absolute Gasteiger partial charge is 0.351 e. The summed E-state index contributed by atoms with van der Waals surface area (Å²) in [6.45, 7) is 3.25. The topological polar surface area (TPSA) is 99.6 Å². The minimum Gasteiger partial charge on any atom is -0.384 e. The zero-order valence-corrected chi connectivity index (χ0v) is 11.6. The van der Waals surface area contributed by atoms with Gasteiger partial charge in [0.25, 0.3) is 0 Å². The van der Waals surface area contributed by atoms with Crippen LogP contribution < -0.4 is 11.4 Å². The molecular formula is C12H17F2N3O4. The molecule has 0 amide bonds. The van der Waals surface area contributed by atoms with Crippen molar-refractivity contribution in [1.29, 1.82) is 0 Å². The van der Waals surface area contributed by atoms with Crippen molar-refractivity contribution in [3.8, 4) is 0 Å². The van der Waals surface area contributed by atoms with Crippen molar-refractivity contribution in [1.82, 2.24) is 9.55 Å². The Hall–Kier alpha value is -1.58. The number of nitrogens with two attached hydrogens (primary N) is 1. The Balaban J connectivity index is 2.25. The van der Waals surface area contributed by atoms with Gasteiger partial charge in [-0.25, -0.2) is 4.79 Å². The van der Waals surface area contributed by atoms with Gasteiger partial charge in [0, 0.05) is 6.20 Å². The van der Waals surface area contributed by atoms with Crippen LogP contribution in [0.1, 0.15) is 20.1 Å². The average molecular weight is 305 g/mol. The number of aromatic nitrogens is 2. The van der Waals surface area contributed by atoms with Crippen LogP contribution in [0.3, 0.4) is 0 Å². The van der Waals surface area contributed by atoms with Crippen LogP contribution in [-0.4, -0.2) is 45.5 Å². The number of anilines is 1. The number of hydrogen-bond donors (Lipinski definition) is 2. The first kappa shape index (κ1) is 15.8. The number of halogens is 2. The molecule has 1 aliphatic rings. The fourth-order valence-corrected chi connectivity index (χ4v) is 2.00. The highest BCUT2D eigenvalue weighted by molar-refractivity contribution is 5.23. The molecule has 0 saturated carbocycles. The molecule has 1 saturated heterocycles. The second-order valence-corrected chi connectivity index (χ2v) is 5.07. The first-order chi connectivity index (χ1) is 9.73. The molecule has 2 heterocycles. The highest BCUT2D eigenvalue weighted by Crippen LogP contribution is 2.42. The number of rotatable bonds is 4. The van der Waals surface area contributed by atoms with Crippen LogP contribution in [0.15, 0.2) is 17.1 Å². The number of alkyl halides is 2. The SMILES string of the molecule is CC(C)OCC1OC(n2ccc(N)nc2=O)C(F)(F)C1O. The predicted molar refractivity (Wildman–Crippen MR) is 68.9 cm³/mol. The molecule has 0 bridgehead atoms. The molecule has 2 rings (SSSR count). The van der Waals surface area contributed by atoms with Crippen LogP contribution in [0, 0.1) is 0 Å². The lowest BCUT2D eigenvalue weighted by Gasteiger charge is -2.20. The van der Waals surface area contributed by atoms with E-state index in [2.05, 4.69) is 4.98 Å². The van der Waals surface area contributed by atoms with E-state index in [1.807, 2.05) is 0 Å². The Morgan fingerprint density at radius 1 is 1.62 bits per heavy atom. The average Bonchev–Trinajstić information content (AvgIpc) is 2.60. The minimum atomic E-state index is -3.65. The number of ether oxygens (including phenoxy) is 2. The summed E-state index contributed by atoms with van der Waals surface area (Å²) in [5.74, 6) is -3.73. The van der Waals surface area contributed by atoms with Crippen LogP contribution in [0.4, 0.5) is 14.6 Å². The Kier molecular flexibility index (Phi) is 4.26. The van der Waals surface area contributed by atoms with Gasteiger partial charge in [0.15, 0.2) is 6.10 Å². The molecular weight excluding hydrogens is 288 g/mol. The third-order valence-corrected chi connectivity index (χ3v) is 3.08. The Morgan fingerprint density at radius 3 is 2.86 bits per heavy atom. The predicted octanol–water partition coefficient (Wildman–Crippen LogP) is 0.144. The quantitative estimate of drug-likeness (QED) is 0.821. The number of nitrogen functional groups attached to an aromatic ring is 1. The monoisotopic (exact) mass is 305 g/mol. The summed E-state index contributed by atoms with van der Waals surface area (Å²) < 4.78 is 39.1. The molecule has 21 heavy (non-hydrogen) atoms. The van der Waals surface area contributed by atoms with Crippen molar-refractivity contribution >= 4 is 5.82 Å². The summed E-state index contributed by atoms with van der Waals surface area (Å²) in [5, 5.41) is 9.69. The molecule has 118 valence electrons. The largest absolute Gasteiger partial charge is 0.384 e. The van der Waals surface area contributed by atoms with Gasteiger partial charge >= 0.3 is 11.6 Å². The van der Waals surface area contributed by atoms with Crippen LogP contribution in [0.2, 0.25) is 0 Å². The van der Waals surface area contributed by atoms with Gasteiger partial charge < -0.3 is 20.3 Å². The summed E-state index contributed by atoms with van der Waals surface area (Å²) in [4.78, 5) is 15.0. The molecule has 1 fully saturated rings. The van der Waals surface area contributed by atoms with Gasteiger partial charge in [-0.2, -0.15) is 13.8 Å². The van der Waals surface area contributed by atoms with E-state index in [0.717, 1.165) is 6.20 Å².